The van der Waals surface area contributed by atoms with Crippen LogP contribution in [0.25, 0.3) is 0 Å². The lowest BCUT2D eigenvalue weighted by atomic mass is 10.1. The zero-order valence-corrected chi connectivity index (χ0v) is 10.2. The monoisotopic (exact) mass is 251 g/mol. The van der Waals surface area contributed by atoms with Crippen LogP contribution in [0, 0.1) is 5.92 Å². The van der Waals surface area contributed by atoms with Crippen molar-refractivity contribution in [2.75, 3.05) is 26.0 Å². The van der Waals surface area contributed by atoms with Gasteiger partial charge in [-0.2, -0.15) is 4.31 Å². The molecule has 0 aliphatic carbocycles. The largest absolute Gasteiger partial charge is 0.480 e. The Balaban J connectivity index is 2.82. The van der Waals surface area contributed by atoms with Gasteiger partial charge in [-0.1, -0.05) is 6.92 Å². The van der Waals surface area contributed by atoms with Crippen molar-refractivity contribution in [3.8, 4) is 0 Å². The third-order valence-corrected chi connectivity index (χ3v) is 4.68. The van der Waals surface area contributed by atoms with Crippen molar-refractivity contribution < 1.29 is 23.1 Å². The molecule has 1 saturated heterocycles. The number of carbonyl (C=O) groups is 1. The number of ether oxygens (including phenoxy) is 1. The summed E-state index contributed by atoms with van der Waals surface area (Å²) in [6.07, 6.45) is 0.178. The minimum absolute atomic E-state index is 0.0191. The van der Waals surface area contributed by atoms with Crippen LogP contribution < -0.4 is 0 Å². The molecule has 0 aromatic carbocycles. The van der Waals surface area contributed by atoms with Crippen LogP contribution in [0.15, 0.2) is 0 Å². The third-order valence-electron chi connectivity index (χ3n) is 2.57. The van der Waals surface area contributed by atoms with Gasteiger partial charge in [0.15, 0.2) is 0 Å². The second-order valence-electron chi connectivity index (χ2n) is 4.09. The van der Waals surface area contributed by atoms with Crippen molar-refractivity contribution in [3.05, 3.63) is 0 Å². The molecule has 2 unspecified atom stereocenters. The van der Waals surface area contributed by atoms with Crippen LogP contribution in [0.4, 0.5) is 0 Å². The van der Waals surface area contributed by atoms with E-state index in [1.54, 1.807) is 6.92 Å². The number of rotatable bonds is 5. The molecule has 1 heterocycles. The van der Waals surface area contributed by atoms with E-state index in [0.29, 0.717) is 0 Å². The number of hydrogen-bond donors (Lipinski definition) is 1. The predicted molar refractivity (Wildman–Crippen MR) is 57.6 cm³/mol. The summed E-state index contributed by atoms with van der Waals surface area (Å²) >= 11 is 0. The molecule has 0 amide bonds. The van der Waals surface area contributed by atoms with Crippen LogP contribution in [0.1, 0.15) is 13.3 Å². The SMILES string of the molecule is COCCC(C(=O)O)N1CC(C)CS1(=O)=O. The molecular formula is C9H17NO5S. The highest BCUT2D eigenvalue weighted by Gasteiger charge is 2.41. The fourth-order valence-electron chi connectivity index (χ4n) is 1.87. The maximum absolute atomic E-state index is 11.7. The van der Waals surface area contributed by atoms with Crippen LogP contribution in [0.5, 0.6) is 0 Å². The summed E-state index contributed by atoms with van der Waals surface area (Å²) in [6.45, 7) is 2.31. The molecule has 2 atom stereocenters. The van der Waals surface area contributed by atoms with Gasteiger partial charge in [0.2, 0.25) is 10.0 Å². The van der Waals surface area contributed by atoms with Gasteiger partial charge in [0.05, 0.1) is 5.75 Å². The first-order valence-electron chi connectivity index (χ1n) is 5.09. The van der Waals surface area contributed by atoms with Crippen LogP contribution in [0.3, 0.4) is 0 Å². The van der Waals surface area contributed by atoms with Crippen molar-refractivity contribution in [2.45, 2.75) is 19.4 Å². The van der Waals surface area contributed by atoms with Gasteiger partial charge in [0.25, 0.3) is 0 Å². The van der Waals surface area contributed by atoms with E-state index in [2.05, 4.69) is 0 Å². The summed E-state index contributed by atoms with van der Waals surface area (Å²) in [5.74, 6) is -1.10. The van der Waals surface area contributed by atoms with Gasteiger partial charge in [-0.25, -0.2) is 8.42 Å². The van der Waals surface area contributed by atoms with E-state index >= 15 is 0 Å². The molecule has 1 N–H and O–H groups in total. The summed E-state index contributed by atoms with van der Waals surface area (Å²) in [4.78, 5) is 11.0. The van der Waals surface area contributed by atoms with Crippen LogP contribution in [0.2, 0.25) is 0 Å². The Bertz CT molecular complexity index is 353. The van der Waals surface area contributed by atoms with E-state index in [0.717, 1.165) is 4.31 Å². The maximum atomic E-state index is 11.7. The van der Waals surface area contributed by atoms with Crippen molar-refractivity contribution >= 4 is 16.0 Å². The Kier molecular flexibility index (Phi) is 4.28. The normalized spacial score (nSPS) is 26.8. The van der Waals surface area contributed by atoms with Crippen LogP contribution in [-0.4, -0.2) is 55.9 Å². The summed E-state index contributed by atoms with van der Waals surface area (Å²) in [6, 6.07) is -1.00. The van der Waals surface area contributed by atoms with Gasteiger partial charge in [-0.3, -0.25) is 4.79 Å². The van der Waals surface area contributed by atoms with Gasteiger partial charge in [0.1, 0.15) is 6.04 Å². The molecule has 6 nitrogen and oxygen atoms in total. The van der Waals surface area contributed by atoms with E-state index < -0.39 is 22.0 Å². The summed E-state index contributed by atoms with van der Waals surface area (Å²) in [5, 5.41) is 9.02. The minimum atomic E-state index is -3.41. The molecule has 16 heavy (non-hydrogen) atoms. The predicted octanol–water partition coefficient (Wildman–Crippen LogP) is -0.242. The summed E-state index contributed by atoms with van der Waals surface area (Å²) in [5.41, 5.74) is 0. The fraction of sp³-hybridized carbons (Fsp3) is 0.889. The first-order valence-corrected chi connectivity index (χ1v) is 6.70. The molecule has 94 valence electrons. The Hall–Kier alpha value is -0.660. The number of sulfonamides is 1. The van der Waals surface area contributed by atoms with Crippen LogP contribution >= 0.6 is 0 Å². The van der Waals surface area contributed by atoms with E-state index in [4.69, 9.17) is 9.84 Å². The Morgan fingerprint density at radius 2 is 2.25 bits per heavy atom. The molecule has 0 radical (unpaired) electrons. The van der Waals surface area contributed by atoms with Crippen molar-refractivity contribution in [1.82, 2.24) is 4.31 Å². The van der Waals surface area contributed by atoms with E-state index in [-0.39, 0.29) is 31.2 Å². The highest BCUT2D eigenvalue weighted by Crippen LogP contribution is 2.23. The number of hydrogen-bond acceptors (Lipinski definition) is 4. The average molecular weight is 251 g/mol. The molecule has 1 aliphatic heterocycles. The Labute approximate surface area is 95.2 Å². The first kappa shape index (κ1) is 13.4. The average Bonchev–Trinajstić information content (AvgIpc) is 2.40. The second kappa shape index (κ2) is 5.11. The molecule has 0 aromatic heterocycles. The fourth-order valence-corrected chi connectivity index (χ4v) is 3.95. The molecule has 1 aliphatic rings. The molecule has 0 spiro atoms. The van der Waals surface area contributed by atoms with Gasteiger partial charge in [-0.05, 0) is 12.3 Å². The highest BCUT2D eigenvalue weighted by atomic mass is 32.2. The van der Waals surface area contributed by atoms with Crippen molar-refractivity contribution in [3.63, 3.8) is 0 Å². The number of nitrogens with zero attached hydrogens (tertiary/aromatic N) is 1. The van der Waals surface area contributed by atoms with Crippen molar-refractivity contribution in [1.29, 1.82) is 0 Å². The molecular weight excluding hydrogens is 234 g/mol. The third kappa shape index (κ3) is 2.93. The summed E-state index contributed by atoms with van der Waals surface area (Å²) < 4.78 is 29.3. The molecule has 0 saturated carbocycles. The van der Waals surface area contributed by atoms with Crippen molar-refractivity contribution in [2.24, 2.45) is 5.92 Å². The summed E-state index contributed by atoms with van der Waals surface area (Å²) in [7, 11) is -1.96. The lowest BCUT2D eigenvalue weighted by molar-refractivity contribution is -0.142. The standard InChI is InChI=1S/C9H17NO5S/c1-7-5-10(16(13,14)6-7)8(9(11)12)3-4-15-2/h7-8H,3-6H2,1-2H3,(H,11,12). The number of methoxy groups -OCH3 is 1. The maximum Gasteiger partial charge on any atom is 0.322 e. The smallest absolute Gasteiger partial charge is 0.322 e. The van der Waals surface area contributed by atoms with Gasteiger partial charge < -0.3 is 9.84 Å². The molecule has 1 rings (SSSR count). The number of aliphatic carboxylic acids is 1. The van der Waals surface area contributed by atoms with E-state index in [1.807, 2.05) is 0 Å². The second-order valence-corrected chi connectivity index (χ2v) is 6.06. The van der Waals surface area contributed by atoms with Gasteiger partial charge in [-0.15, -0.1) is 0 Å². The lowest BCUT2D eigenvalue weighted by Crippen LogP contribution is -2.43. The quantitative estimate of drug-likeness (QED) is 0.729. The van der Waals surface area contributed by atoms with Gasteiger partial charge >= 0.3 is 5.97 Å². The Morgan fingerprint density at radius 1 is 1.62 bits per heavy atom. The zero-order valence-electron chi connectivity index (χ0n) is 9.42. The number of carboxylic acid groups (broad SMARTS) is 1. The molecule has 0 bridgehead atoms. The Morgan fingerprint density at radius 3 is 2.62 bits per heavy atom. The molecule has 7 heteroatoms. The number of carboxylic acids is 1. The van der Waals surface area contributed by atoms with Crippen LogP contribution in [-0.2, 0) is 19.6 Å². The lowest BCUT2D eigenvalue weighted by Gasteiger charge is -2.22. The van der Waals surface area contributed by atoms with E-state index in [1.165, 1.54) is 7.11 Å². The topological polar surface area (TPSA) is 83.9 Å². The minimum Gasteiger partial charge on any atom is -0.480 e. The van der Waals surface area contributed by atoms with Gasteiger partial charge in [0, 0.05) is 20.3 Å². The van der Waals surface area contributed by atoms with E-state index in [9.17, 15) is 13.2 Å². The molecule has 1 fully saturated rings. The zero-order chi connectivity index (χ0) is 12.3. The first-order chi connectivity index (χ1) is 7.38. The highest BCUT2D eigenvalue weighted by molar-refractivity contribution is 7.89. The molecule has 0 aromatic rings.